The smallest absolute Gasteiger partial charge is 0.130 e. The fraction of sp³-hybridized carbons (Fsp3) is 0.647. The van der Waals surface area contributed by atoms with E-state index in [1.54, 1.807) is 0 Å². The molecule has 1 aromatic heterocycles. The highest BCUT2D eigenvalue weighted by Crippen LogP contribution is 2.28. The topological polar surface area (TPSA) is 39.9 Å². The molecule has 1 fully saturated rings. The standard InChI is InChI=1S/C17H25N3/c1-13(2)8-9-20(16-6-4-5-7-16)17-11-15(12-18)10-14(3)19-17/h10-11,13,16H,4-9H2,1-3H3. The molecule has 0 bridgehead atoms. The van der Waals surface area contributed by atoms with Gasteiger partial charge in [0.15, 0.2) is 0 Å². The van der Waals surface area contributed by atoms with Crippen LogP contribution >= 0.6 is 0 Å². The van der Waals surface area contributed by atoms with Gasteiger partial charge in [-0.25, -0.2) is 4.98 Å². The van der Waals surface area contributed by atoms with Crippen LogP contribution in [0, 0.1) is 24.2 Å². The molecule has 0 radical (unpaired) electrons. The van der Waals surface area contributed by atoms with Gasteiger partial charge in [0.25, 0.3) is 0 Å². The lowest BCUT2D eigenvalue weighted by Crippen LogP contribution is -2.35. The van der Waals surface area contributed by atoms with Crippen LogP contribution in [0.5, 0.6) is 0 Å². The van der Waals surface area contributed by atoms with Gasteiger partial charge in [0, 0.05) is 18.3 Å². The predicted octanol–water partition coefficient (Wildman–Crippen LogP) is 4.06. The van der Waals surface area contributed by atoms with Crippen molar-refractivity contribution in [1.29, 1.82) is 5.26 Å². The highest BCUT2D eigenvalue weighted by molar-refractivity contribution is 5.47. The van der Waals surface area contributed by atoms with Crippen LogP contribution in [0.3, 0.4) is 0 Å². The Hall–Kier alpha value is -1.56. The van der Waals surface area contributed by atoms with E-state index in [1.165, 1.54) is 32.1 Å². The summed E-state index contributed by atoms with van der Waals surface area (Å²) in [5.41, 5.74) is 1.66. The zero-order valence-corrected chi connectivity index (χ0v) is 12.9. The summed E-state index contributed by atoms with van der Waals surface area (Å²) in [5.74, 6) is 1.69. The summed E-state index contributed by atoms with van der Waals surface area (Å²) < 4.78 is 0. The zero-order chi connectivity index (χ0) is 14.5. The summed E-state index contributed by atoms with van der Waals surface area (Å²) in [6, 6.07) is 6.67. The van der Waals surface area contributed by atoms with Gasteiger partial charge in [0.1, 0.15) is 5.82 Å². The fourth-order valence-electron chi connectivity index (χ4n) is 2.96. The minimum Gasteiger partial charge on any atom is -0.354 e. The van der Waals surface area contributed by atoms with Gasteiger partial charge < -0.3 is 4.90 Å². The van der Waals surface area contributed by atoms with E-state index in [0.717, 1.165) is 23.6 Å². The van der Waals surface area contributed by atoms with E-state index in [1.807, 2.05) is 19.1 Å². The Morgan fingerprint density at radius 2 is 2.05 bits per heavy atom. The molecule has 20 heavy (non-hydrogen) atoms. The van der Waals surface area contributed by atoms with E-state index in [9.17, 15) is 0 Å². The van der Waals surface area contributed by atoms with Crippen LogP contribution in [0.4, 0.5) is 5.82 Å². The van der Waals surface area contributed by atoms with Gasteiger partial charge in [-0.2, -0.15) is 5.26 Å². The van der Waals surface area contributed by atoms with Crippen LogP contribution in [0.2, 0.25) is 0 Å². The Kier molecular flexibility index (Phi) is 5.00. The van der Waals surface area contributed by atoms with Gasteiger partial charge in [0.2, 0.25) is 0 Å². The zero-order valence-electron chi connectivity index (χ0n) is 12.9. The maximum Gasteiger partial charge on any atom is 0.130 e. The first-order valence-electron chi connectivity index (χ1n) is 7.75. The fourth-order valence-corrected chi connectivity index (χ4v) is 2.96. The van der Waals surface area contributed by atoms with Crippen molar-refractivity contribution in [2.45, 2.75) is 58.9 Å². The monoisotopic (exact) mass is 271 g/mol. The second-order valence-electron chi connectivity index (χ2n) is 6.28. The van der Waals surface area contributed by atoms with Crippen LogP contribution in [0.1, 0.15) is 57.2 Å². The lowest BCUT2D eigenvalue weighted by Gasteiger charge is -2.31. The van der Waals surface area contributed by atoms with Gasteiger partial charge in [-0.15, -0.1) is 0 Å². The van der Waals surface area contributed by atoms with E-state index >= 15 is 0 Å². The minimum atomic E-state index is 0.606. The Bertz CT molecular complexity index is 481. The molecule has 1 aromatic rings. The van der Waals surface area contributed by atoms with Crippen LogP contribution < -0.4 is 4.90 Å². The molecule has 3 nitrogen and oxygen atoms in total. The van der Waals surface area contributed by atoms with Crippen LogP contribution in [-0.4, -0.2) is 17.6 Å². The molecule has 1 aliphatic rings. The quantitative estimate of drug-likeness (QED) is 0.811. The lowest BCUT2D eigenvalue weighted by molar-refractivity contribution is 0.525. The molecule has 0 atom stereocenters. The Labute approximate surface area is 122 Å². The molecule has 0 N–H and O–H groups in total. The number of aromatic nitrogens is 1. The SMILES string of the molecule is Cc1cc(C#N)cc(N(CCC(C)C)C2CCCC2)n1. The number of rotatable bonds is 5. The first-order chi connectivity index (χ1) is 9.60. The highest BCUT2D eigenvalue weighted by atomic mass is 15.2. The van der Waals surface area contributed by atoms with Crippen molar-refractivity contribution in [2.75, 3.05) is 11.4 Å². The van der Waals surface area contributed by atoms with Crippen molar-refractivity contribution in [3.8, 4) is 6.07 Å². The molecule has 0 aromatic carbocycles. The van der Waals surface area contributed by atoms with Gasteiger partial charge in [-0.1, -0.05) is 26.7 Å². The number of aryl methyl sites for hydroxylation is 1. The maximum atomic E-state index is 9.16. The van der Waals surface area contributed by atoms with Crippen molar-refractivity contribution in [2.24, 2.45) is 5.92 Å². The molecule has 0 saturated heterocycles. The molecular weight excluding hydrogens is 246 g/mol. The molecular formula is C17H25N3. The summed E-state index contributed by atoms with van der Waals surface area (Å²) in [6.07, 6.45) is 6.33. The summed E-state index contributed by atoms with van der Waals surface area (Å²) in [4.78, 5) is 7.12. The summed E-state index contributed by atoms with van der Waals surface area (Å²) in [5, 5.41) is 9.16. The third-order valence-corrected chi connectivity index (χ3v) is 4.08. The highest BCUT2D eigenvalue weighted by Gasteiger charge is 2.24. The van der Waals surface area contributed by atoms with Gasteiger partial charge in [0.05, 0.1) is 11.6 Å². The van der Waals surface area contributed by atoms with Crippen molar-refractivity contribution >= 4 is 5.82 Å². The second-order valence-corrected chi connectivity index (χ2v) is 6.28. The molecule has 3 heteroatoms. The van der Waals surface area contributed by atoms with Crippen LogP contribution in [-0.2, 0) is 0 Å². The van der Waals surface area contributed by atoms with Gasteiger partial charge in [-0.05, 0) is 44.2 Å². The van der Waals surface area contributed by atoms with Crippen molar-refractivity contribution in [3.63, 3.8) is 0 Å². The Morgan fingerprint density at radius 1 is 1.35 bits per heavy atom. The number of anilines is 1. The lowest BCUT2D eigenvalue weighted by atomic mass is 10.1. The van der Waals surface area contributed by atoms with Crippen molar-refractivity contribution in [3.05, 3.63) is 23.4 Å². The average Bonchev–Trinajstić information content (AvgIpc) is 2.92. The molecule has 0 amide bonds. The third kappa shape index (κ3) is 3.72. The van der Waals surface area contributed by atoms with Gasteiger partial charge in [-0.3, -0.25) is 0 Å². The summed E-state index contributed by atoms with van der Waals surface area (Å²) in [6.45, 7) is 7.54. The summed E-state index contributed by atoms with van der Waals surface area (Å²) in [7, 11) is 0. The van der Waals surface area contributed by atoms with E-state index in [0.29, 0.717) is 12.0 Å². The second kappa shape index (κ2) is 6.74. The van der Waals surface area contributed by atoms with E-state index in [-0.39, 0.29) is 0 Å². The summed E-state index contributed by atoms with van der Waals surface area (Å²) >= 11 is 0. The molecule has 2 rings (SSSR count). The number of nitriles is 1. The molecule has 0 aliphatic heterocycles. The number of nitrogens with zero attached hydrogens (tertiary/aromatic N) is 3. The molecule has 1 saturated carbocycles. The van der Waals surface area contributed by atoms with Crippen molar-refractivity contribution in [1.82, 2.24) is 4.98 Å². The Balaban J connectivity index is 2.24. The minimum absolute atomic E-state index is 0.606. The van der Waals surface area contributed by atoms with E-state index in [4.69, 9.17) is 5.26 Å². The van der Waals surface area contributed by atoms with E-state index in [2.05, 4.69) is 29.8 Å². The molecule has 0 spiro atoms. The number of pyridine rings is 1. The maximum absolute atomic E-state index is 9.16. The van der Waals surface area contributed by atoms with Crippen molar-refractivity contribution < 1.29 is 0 Å². The van der Waals surface area contributed by atoms with Crippen LogP contribution in [0.15, 0.2) is 12.1 Å². The van der Waals surface area contributed by atoms with Crippen LogP contribution in [0.25, 0.3) is 0 Å². The first-order valence-corrected chi connectivity index (χ1v) is 7.75. The predicted molar refractivity (Wildman–Crippen MR) is 82.7 cm³/mol. The average molecular weight is 271 g/mol. The van der Waals surface area contributed by atoms with E-state index < -0.39 is 0 Å². The Morgan fingerprint density at radius 3 is 2.65 bits per heavy atom. The molecule has 1 aliphatic carbocycles. The number of hydrogen-bond donors (Lipinski definition) is 0. The molecule has 108 valence electrons. The largest absolute Gasteiger partial charge is 0.354 e. The molecule has 0 unspecified atom stereocenters. The first kappa shape index (κ1) is 14.8. The van der Waals surface area contributed by atoms with Gasteiger partial charge >= 0.3 is 0 Å². The number of hydrogen-bond acceptors (Lipinski definition) is 3. The molecule has 1 heterocycles. The normalized spacial score (nSPS) is 15.6. The third-order valence-electron chi connectivity index (χ3n) is 4.08.